The van der Waals surface area contributed by atoms with Gasteiger partial charge in [-0.1, -0.05) is 20.8 Å². The lowest BCUT2D eigenvalue weighted by Crippen LogP contribution is -2.39. The molecule has 6 heteroatoms. The van der Waals surface area contributed by atoms with Crippen LogP contribution >= 0.6 is 24.0 Å². The van der Waals surface area contributed by atoms with Crippen molar-refractivity contribution in [3.63, 3.8) is 0 Å². The van der Waals surface area contributed by atoms with Crippen LogP contribution in [0.25, 0.3) is 0 Å². The molecule has 1 rings (SSSR count). The predicted molar refractivity (Wildman–Crippen MR) is 119 cm³/mol. The summed E-state index contributed by atoms with van der Waals surface area (Å²) in [6, 6.07) is 0. The van der Waals surface area contributed by atoms with Crippen LogP contribution in [0, 0.1) is 11.8 Å². The zero-order valence-electron chi connectivity index (χ0n) is 17.0. The lowest BCUT2D eigenvalue weighted by atomic mass is 10.0. The van der Waals surface area contributed by atoms with Crippen LogP contribution in [-0.2, 0) is 4.74 Å². The van der Waals surface area contributed by atoms with Gasteiger partial charge in [-0.15, -0.1) is 24.0 Å². The van der Waals surface area contributed by atoms with Crippen molar-refractivity contribution < 1.29 is 4.74 Å². The molecule has 0 saturated carbocycles. The van der Waals surface area contributed by atoms with Gasteiger partial charge in [0.05, 0.1) is 6.10 Å². The lowest BCUT2D eigenvalue weighted by Gasteiger charge is -2.21. The molecule has 0 radical (unpaired) electrons. The Kier molecular flexibility index (Phi) is 15.0. The van der Waals surface area contributed by atoms with E-state index in [9.17, 15) is 0 Å². The molecular weight excluding hydrogens is 427 g/mol. The summed E-state index contributed by atoms with van der Waals surface area (Å²) in [4.78, 5) is 7.37. The van der Waals surface area contributed by atoms with Crippen molar-refractivity contribution in [3.05, 3.63) is 0 Å². The standard InChI is InChI=1S/C19H40N4O.HI/c1-6-12-23-13-10-17(15-23)14-22-19(20-7-2)21-11-9-18(16(4)5)24-8-3;/h16-18H,6-15H2,1-5H3,(H2,20,21,22);1H. The Morgan fingerprint density at radius 1 is 1.24 bits per heavy atom. The Morgan fingerprint density at radius 2 is 2.00 bits per heavy atom. The zero-order chi connectivity index (χ0) is 17.8. The number of ether oxygens (including phenoxy) is 1. The van der Waals surface area contributed by atoms with E-state index in [0.717, 1.165) is 38.6 Å². The fourth-order valence-corrected chi connectivity index (χ4v) is 3.30. The lowest BCUT2D eigenvalue weighted by molar-refractivity contribution is 0.0258. The topological polar surface area (TPSA) is 48.9 Å². The fraction of sp³-hybridized carbons (Fsp3) is 0.947. The van der Waals surface area contributed by atoms with Crippen molar-refractivity contribution in [2.75, 3.05) is 45.9 Å². The van der Waals surface area contributed by atoms with Gasteiger partial charge in [-0.2, -0.15) is 0 Å². The Morgan fingerprint density at radius 3 is 2.60 bits per heavy atom. The van der Waals surface area contributed by atoms with Gasteiger partial charge in [0, 0.05) is 32.8 Å². The number of halogens is 1. The molecule has 150 valence electrons. The molecule has 1 fully saturated rings. The SMILES string of the molecule is CCCN1CCC(CN=C(NCC)NCCC(OCC)C(C)C)C1.I. The highest BCUT2D eigenvalue weighted by molar-refractivity contribution is 14.0. The molecule has 5 nitrogen and oxygen atoms in total. The summed E-state index contributed by atoms with van der Waals surface area (Å²) in [5.41, 5.74) is 0. The smallest absolute Gasteiger partial charge is 0.191 e. The van der Waals surface area contributed by atoms with Crippen molar-refractivity contribution >= 4 is 29.9 Å². The van der Waals surface area contributed by atoms with Gasteiger partial charge in [-0.25, -0.2) is 0 Å². The van der Waals surface area contributed by atoms with Gasteiger partial charge in [0.15, 0.2) is 5.96 Å². The Labute approximate surface area is 172 Å². The molecule has 1 aliphatic rings. The maximum Gasteiger partial charge on any atom is 0.191 e. The third-order valence-electron chi connectivity index (χ3n) is 4.61. The molecule has 0 amide bonds. The van der Waals surface area contributed by atoms with Crippen LogP contribution in [0.15, 0.2) is 4.99 Å². The summed E-state index contributed by atoms with van der Waals surface area (Å²) in [6.45, 7) is 18.1. The van der Waals surface area contributed by atoms with Crippen LogP contribution in [-0.4, -0.2) is 62.8 Å². The van der Waals surface area contributed by atoms with Gasteiger partial charge < -0.3 is 20.3 Å². The molecule has 25 heavy (non-hydrogen) atoms. The summed E-state index contributed by atoms with van der Waals surface area (Å²) in [5.74, 6) is 2.21. The quantitative estimate of drug-likeness (QED) is 0.278. The van der Waals surface area contributed by atoms with Gasteiger partial charge in [0.1, 0.15) is 0 Å². The number of nitrogens with one attached hydrogen (secondary N) is 2. The van der Waals surface area contributed by atoms with Crippen LogP contribution in [0.5, 0.6) is 0 Å². The third kappa shape index (κ3) is 10.6. The molecule has 0 bridgehead atoms. The molecule has 0 spiro atoms. The summed E-state index contributed by atoms with van der Waals surface area (Å²) < 4.78 is 5.82. The molecule has 2 N–H and O–H groups in total. The minimum Gasteiger partial charge on any atom is -0.378 e. The molecule has 1 saturated heterocycles. The zero-order valence-corrected chi connectivity index (χ0v) is 19.3. The molecule has 2 atom stereocenters. The molecule has 1 heterocycles. The number of hydrogen-bond acceptors (Lipinski definition) is 3. The van der Waals surface area contributed by atoms with E-state index in [-0.39, 0.29) is 24.0 Å². The first-order valence-electron chi connectivity index (χ1n) is 9.96. The minimum atomic E-state index is 0. The number of nitrogens with zero attached hydrogens (tertiary/aromatic N) is 2. The number of aliphatic imine (C=N–C) groups is 1. The second kappa shape index (κ2) is 15.0. The highest BCUT2D eigenvalue weighted by Gasteiger charge is 2.21. The number of hydrogen-bond donors (Lipinski definition) is 2. The first kappa shape index (κ1) is 24.9. The van der Waals surface area contributed by atoms with E-state index in [1.807, 2.05) is 0 Å². The van der Waals surface area contributed by atoms with Crippen LogP contribution < -0.4 is 10.6 Å². The van der Waals surface area contributed by atoms with Gasteiger partial charge in [0.2, 0.25) is 0 Å². The maximum atomic E-state index is 5.82. The van der Waals surface area contributed by atoms with E-state index in [2.05, 4.69) is 50.2 Å². The highest BCUT2D eigenvalue weighted by Crippen LogP contribution is 2.16. The van der Waals surface area contributed by atoms with Crippen LogP contribution in [0.2, 0.25) is 0 Å². The minimum absolute atomic E-state index is 0. The van der Waals surface area contributed by atoms with Crippen molar-refractivity contribution in [2.45, 2.75) is 60.0 Å². The van der Waals surface area contributed by atoms with E-state index in [1.165, 1.54) is 32.5 Å². The summed E-state index contributed by atoms with van der Waals surface area (Å²) >= 11 is 0. The summed E-state index contributed by atoms with van der Waals surface area (Å²) in [7, 11) is 0. The van der Waals surface area contributed by atoms with Crippen molar-refractivity contribution in [2.24, 2.45) is 16.8 Å². The van der Waals surface area contributed by atoms with Crippen LogP contribution in [0.3, 0.4) is 0 Å². The Bertz CT molecular complexity index is 352. The molecular formula is C19H41IN4O. The third-order valence-corrected chi connectivity index (χ3v) is 4.61. The summed E-state index contributed by atoms with van der Waals surface area (Å²) in [5, 5.41) is 6.83. The fourth-order valence-electron chi connectivity index (χ4n) is 3.30. The van der Waals surface area contributed by atoms with E-state index in [4.69, 9.17) is 9.73 Å². The second-order valence-corrected chi connectivity index (χ2v) is 7.13. The van der Waals surface area contributed by atoms with Gasteiger partial charge in [0.25, 0.3) is 0 Å². The molecule has 0 aromatic rings. The highest BCUT2D eigenvalue weighted by atomic mass is 127. The monoisotopic (exact) mass is 468 g/mol. The Hall–Kier alpha value is -0.0800. The van der Waals surface area contributed by atoms with Crippen LogP contribution in [0.1, 0.15) is 53.9 Å². The van der Waals surface area contributed by atoms with Gasteiger partial charge in [-0.05, 0) is 58.0 Å². The van der Waals surface area contributed by atoms with E-state index < -0.39 is 0 Å². The molecule has 0 aromatic heterocycles. The van der Waals surface area contributed by atoms with Crippen molar-refractivity contribution in [1.82, 2.24) is 15.5 Å². The van der Waals surface area contributed by atoms with E-state index in [1.54, 1.807) is 0 Å². The predicted octanol–water partition coefficient (Wildman–Crippen LogP) is 3.34. The van der Waals surface area contributed by atoms with Crippen molar-refractivity contribution in [3.8, 4) is 0 Å². The molecule has 2 unspecified atom stereocenters. The van der Waals surface area contributed by atoms with E-state index in [0.29, 0.717) is 17.9 Å². The molecule has 0 aliphatic carbocycles. The Balaban J connectivity index is 0.00000576. The molecule has 0 aromatic carbocycles. The second-order valence-electron chi connectivity index (χ2n) is 7.13. The number of rotatable bonds is 11. The number of guanidine groups is 1. The normalized spacial score (nSPS) is 19.8. The van der Waals surface area contributed by atoms with Gasteiger partial charge >= 0.3 is 0 Å². The van der Waals surface area contributed by atoms with E-state index >= 15 is 0 Å². The number of likely N-dealkylation sites (tertiary alicyclic amines) is 1. The largest absolute Gasteiger partial charge is 0.378 e. The summed E-state index contributed by atoms with van der Waals surface area (Å²) in [6.07, 6.45) is 3.87. The molecule has 1 aliphatic heterocycles. The first-order chi connectivity index (χ1) is 11.6. The first-order valence-corrected chi connectivity index (χ1v) is 9.96. The average molecular weight is 468 g/mol. The maximum absolute atomic E-state index is 5.82. The van der Waals surface area contributed by atoms with Crippen molar-refractivity contribution in [1.29, 1.82) is 0 Å². The van der Waals surface area contributed by atoms with Gasteiger partial charge in [-0.3, -0.25) is 4.99 Å². The van der Waals surface area contributed by atoms with Crippen LogP contribution in [0.4, 0.5) is 0 Å². The average Bonchev–Trinajstić information content (AvgIpc) is 2.99.